The molecule has 1 saturated heterocycles. The summed E-state index contributed by atoms with van der Waals surface area (Å²) in [5.74, 6) is 1.75. The molecule has 0 unspecified atom stereocenters. The Morgan fingerprint density at radius 1 is 1.08 bits per heavy atom. The molecular weight excluding hydrogens is 679 g/mol. The van der Waals surface area contributed by atoms with E-state index in [2.05, 4.69) is 53.7 Å². The van der Waals surface area contributed by atoms with Gasteiger partial charge in [-0.05, 0) is 73.4 Å². The summed E-state index contributed by atoms with van der Waals surface area (Å²) in [5.41, 5.74) is 6.15. The highest BCUT2D eigenvalue weighted by Crippen LogP contribution is 2.38. The predicted molar refractivity (Wildman–Crippen MR) is 201 cm³/mol. The lowest BCUT2D eigenvalue weighted by atomic mass is 9.98. The van der Waals surface area contributed by atoms with Crippen molar-refractivity contribution in [2.75, 3.05) is 51.4 Å². The van der Waals surface area contributed by atoms with E-state index < -0.39 is 4.75 Å². The summed E-state index contributed by atoms with van der Waals surface area (Å²) in [7, 11) is 3.43. The van der Waals surface area contributed by atoms with E-state index >= 15 is 0 Å². The van der Waals surface area contributed by atoms with Gasteiger partial charge in [0.1, 0.15) is 16.8 Å². The monoisotopic (exact) mass is 719 g/mol. The normalized spacial score (nSPS) is 19.1. The number of H-pyrrole nitrogens is 1. The highest BCUT2D eigenvalue weighted by molar-refractivity contribution is 8.00. The van der Waals surface area contributed by atoms with E-state index in [9.17, 15) is 9.59 Å². The molecule has 2 fully saturated rings. The highest BCUT2D eigenvalue weighted by Gasteiger charge is 2.45. The number of anilines is 1. The second-order valence-electron chi connectivity index (χ2n) is 13.6. The fraction of sp³-hybridized carbons (Fsp3) is 0.368. The van der Waals surface area contributed by atoms with Gasteiger partial charge >= 0.3 is 0 Å². The molecule has 0 bridgehead atoms. The Morgan fingerprint density at radius 2 is 1.90 bits per heavy atom. The Labute approximate surface area is 305 Å². The number of aryl methyl sites for hydroxylation is 1. The van der Waals surface area contributed by atoms with Crippen LogP contribution in [0.2, 0.25) is 0 Å². The van der Waals surface area contributed by atoms with Crippen molar-refractivity contribution in [1.29, 1.82) is 0 Å². The third kappa shape index (κ3) is 6.87. The number of amides is 2. The third-order valence-corrected chi connectivity index (χ3v) is 11.3. The SMILES string of the molecule is COc1nc(-c2n[nH]c3ccc(NC(=O)[C@]4(SC)CCN(CC(=O)N5CC=C(c6ccc(-c7ncn(C)n7)cc6)CC5)C4)cc23)ccc1OC1CC1. The molecule has 0 spiro atoms. The lowest BCUT2D eigenvalue weighted by Crippen LogP contribution is -2.45. The molecule has 52 heavy (non-hydrogen) atoms. The van der Waals surface area contributed by atoms with Crippen LogP contribution in [-0.2, 0) is 16.6 Å². The molecule has 3 aromatic heterocycles. The van der Waals surface area contributed by atoms with Crippen LogP contribution in [0.3, 0.4) is 0 Å². The number of ether oxygens (including phenoxy) is 2. The molecule has 2 N–H and O–H groups in total. The van der Waals surface area contributed by atoms with Crippen molar-refractivity contribution in [1.82, 2.24) is 39.7 Å². The number of likely N-dealkylation sites (tertiary alicyclic amines) is 1. The molecule has 1 atom stereocenters. The molecule has 5 aromatic rings. The van der Waals surface area contributed by atoms with Crippen LogP contribution in [-0.4, -0.2) is 109 Å². The van der Waals surface area contributed by atoms with Crippen LogP contribution < -0.4 is 14.8 Å². The van der Waals surface area contributed by atoms with Gasteiger partial charge in [0.05, 0.1) is 31.0 Å². The first-order chi connectivity index (χ1) is 25.3. The number of carbonyl (C=O) groups excluding carboxylic acids is 2. The van der Waals surface area contributed by atoms with E-state index in [1.54, 1.807) is 29.9 Å². The molecule has 13 nitrogen and oxygen atoms in total. The molecule has 1 saturated carbocycles. The maximum Gasteiger partial charge on any atom is 0.257 e. The van der Waals surface area contributed by atoms with Gasteiger partial charge in [-0.15, -0.1) is 11.8 Å². The van der Waals surface area contributed by atoms with E-state index in [4.69, 9.17) is 9.47 Å². The van der Waals surface area contributed by atoms with Crippen LogP contribution in [0.4, 0.5) is 5.69 Å². The van der Waals surface area contributed by atoms with Gasteiger partial charge in [0, 0.05) is 49.9 Å². The summed E-state index contributed by atoms with van der Waals surface area (Å²) in [6, 6.07) is 17.7. The van der Waals surface area contributed by atoms with Crippen LogP contribution in [0.25, 0.3) is 39.3 Å². The predicted octanol–water partition coefficient (Wildman–Crippen LogP) is 5.03. The fourth-order valence-corrected chi connectivity index (χ4v) is 7.73. The Balaban J connectivity index is 0.887. The standard InChI is InChI=1S/C38H41N9O4S/c1-45-23-39-35(44-45)26-6-4-24(5-7-26)25-14-17-47(18-15-25)33(48)21-46-19-16-38(22-46,52-3)37(49)40-27-8-11-30-29(20-27)34(43-42-30)31-12-13-32(36(41-31)50-2)51-28-9-10-28/h4-8,11-14,20,23,28H,9-10,15-19,21-22H2,1-3H3,(H,40,49)(H,42,43)/t38-/m0/s1. The molecule has 2 aromatic carbocycles. The number of hydrogen-bond donors (Lipinski definition) is 2. The molecule has 3 aliphatic rings. The van der Waals surface area contributed by atoms with Gasteiger partial charge in [-0.1, -0.05) is 30.3 Å². The van der Waals surface area contributed by atoms with E-state index in [0.717, 1.165) is 41.3 Å². The molecule has 2 amide bonds. The first-order valence-electron chi connectivity index (χ1n) is 17.5. The number of hydrogen-bond acceptors (Lipinski definition) is 10. The summed E-state index contributed by atoms with van der Waals surface area (Å²) < 4.78 is 12.5. The number of nitrogens with one attached hydrogen (secondary N) is 2. The quantitative estimate of drug-likeness (QED) is 0.191. The Morgan fingerprint density at radius 3 is 2.62 bits per heavy atom. The third-order valence-electron chi connectivity index (χ3n) is 10.0. The minimum atomic E-state index is -0.674. The molecule has 1 aliphatic carbocycles. The van der Waals surface area contributed by atoms with Gasteiger partial charge in [0.25, 0.3) is 5.88 Å². The highest BCUT2D eigenvalue weighted by atomic mass is 32.2. The number of fused-ring (bicyclic) bond motifs is 1. The van der Waals surface area contributed by atoms with Crippen molar-refractivity contribution in [2.24, 2.45) is 7.05 Å². The van der Waals surface area contributed by atoms with Crippen molar-refractivity contribution in [3.8, 4) is 34.4 Å². The minimum absolute atomic E-state index is 0.0730. The summed E-state index contributed by atoms with van der Waals surface area (Å²) >= 11 is 1.54. The molecule has 8 rings (SSSR count). The molecule has 0 radical (unpaired) electrons. The van der Waals surface area contributed by atoms with E-state index in [-0.39, 0.29) is 24.5 Å². The molecule has 5 heterocycles. The topological polar surface area (TPSA) is 143 Å². The number of benzene rings is 2. The van der Waals surface area contributed by atoms with Gasteiger partial charge in [0.2, 0.25) is 11.8 Å². The summed E-state index contributed by atoms with van der Waals surface area (Å²) in [5, 5.41) is 16.0. The molecule has 2 aliphatic heterocycles. The lowest BCUT2D eigenvalue weighted by Gasteiger charge is -2.29. The largest absolute Gasteiger partial charge is 0.485 e. The van der Waals surface area contributed by atoms with Crippen LogP contribution in [0.15, 0.2) is 67.0 Å². The number of aromatic amines is 1. The Bertz CT molecular complexity index is 2160. The van der Waals surface area contributed by atoms with Crippen LogP contribution >= 0.6 is 11.8 Å². The number of pyridine rings is 1. The number of thioether (sulfide) groups is 1. The second-order valence-corrected chi connectivity index (χ2v) is 14.8. The van der Waals surface area contributed by atoms with Crippen LogP contribution in [0.1, 0.15) is 31.2 Å². The van der Waals surface area contributed by atoms with Crippen molar-refractivity contribution >= 4 is 45.7 Å². The van der Waals surface area contributed by atoms with Gasteiger partial charge in [-0.25, -0.2) is 9.97 Å². The zero-order valence-corrected chi connectivity index (χ0v) is 30.3. The smallest absolute Gasteiger partial charge is 0.257 e. The summed E-state index contributed by atoms with van der Waals surface area (Å²) in [6.45, 7) is 2.69. The molecule has 14 heteroatoms. The number of nitrogens with zero attached hydrogens (tertiary/aromatic N) is 7. The maximum absolute atomic E-state index is 13.9. The second kappa shape index (κ2) is 14.1. The summed E-state index contributed by atoms with van der Waals surface area (Å²) in [6.07, 6.45) is 9.55. The van der Waals surface area contributed by atoms with E-state index in [1.807, 2.05) is 60.7 Å². The number of methoxy groups -OCH3 is 1. The lowest BCUT2D eigenvalue weighted by molar-refractivity contribution is -0.132. The molecule has 268 valence electrons. The fourth-order valence-electron chi connectivity index (χ4n) is 6.88. The van der Waals surface area contributed by atoms with Gasteiger partial charge in [-0.2, -0.15) is 10.2 Å². The first-order valence-corrected chi connectivity index (χ1v) is 18.8. The number of rotatable bonds is 11. The Hall–Kier alpha value is -5.21. The van der Waals surface area contributed by atoms with Crippen molar-refractivity contribution < 1.29 is 19.1 Å². The van der Waals surface area contributed by atoms with Crippen LogP contribution in [0, 0.1) is 0 Å². The van der Waals surface area contributed by atoms with Gasteiger partial charge in [0.15, 0.2) is 11.6 Å². The van der Waals surface area contributed by atoms with Gasteiger partial charge in [-0.3, -0.25) is 24.3 Å². The zero-order valence-electron chi connectivity index (χ0n) is 29.5. The first kappa shape index (κ1) is 33.9. The van der Waals surface area contributed by atoms with Crippen molar-refractivity contribution in [3.05, 3.63) is 72.6 Å². The number of aromatic nitrogens is 6. The maximum atomic E-state index is 13.9. The summed E-state index contributed by atoms with van der Waals surface area (Å²) in [4.78, 5) is 40.3. The van der Waals surface area contributed by atoms with Gasteiger partial charge < -0.3 is 19.7 Å². The van der Waals surface area contributed by atoms with Crippen molar-refractivity contribution in [2.45, 2.75) is 36.5 Å². The average Bonchev–Trinajstić information content (AvgIpc) is 3.51. The Kier molecular flexibility index (Phi) is 9.18. The van der Waals surface area contributed by atoms with E-state index in [0.29, 0.717) is 67.1 Å². The van der Waals surface area contributed by atoms with Crippen molar-refractivity contribution in [3.63, 3.8) is 0 Å². The zero-order chi connectivity index (χ0) is 35.8. The minimum Gasteiger partial charge on any atom is -0.485 e. The van der Waals surface area contributed by atoms with E-state index in [1.165, 1.54) is 5.57 Å². The van der Waals surface area contributed by atoms with Crippen LogP contribution in [0.5, 0.6) is 11.6 Å². The average molecular weight is 720 g/mol. The number of carbonyl (C=O) groups is 2. The molecular formula is C38H41N9O4S.